The second kappa shape index (κ2) is 4.31. The van der Waals surface area contributed by atoms with E-state index in [4.69, 9.17) is 5.73 Å². The summed E-state index contributed by atoms with van der Waals surface area (Å²) in [5.41, 5.74) is 5.27. The molecule has 0 aliphatic rings. The SMILES string of the molecule is NC/C=C/Cn1cc(Br)cn1. The third-order valence-corrected chi connectivity index (χ3v) is 1.61. The summed E-state index contributed by atoms with van der Waals surface area (Å²) in [6.45, 7) is 1.37. The molecule has 0 radical (unpaired) electrons. The summed E-state index contributed by atoms with van der Waals surface area (Å²) in [5.74, 6) is 0. The molecule has 1 aromatic rings. The lowest BCUT2D eigenvalue weighted by molar-refractivity contribution is 0.700. The summed E-state index contributed by atoms with van der Waals surface area (Å²) in [6.07, 6.45) is 7.58. The van der Waals surface area contributed by atoms with Crippen molar-refractivity contribution in [1.82, 2.24) is 9.78 Å². The van der Waals surface area contributed by atoms with Crippen LogP contribution in [-0.4, -0.2) is 16.3 Å². The number of hydrogen-bond donors (Lipinski definition) is 1. The van der Waals surface area contributed by atoms with Crippen molar-refractivity contribution in [1.29, 1.82) is 0 Å². The average molecular weight is 216 g/mol. The molecule has 0 aliphatic heterocycles. The molecule has 0 amide bonds. The largest absolute Gasteiger partial charge is 0.327 e. The molecule has 3 nitrogen and oxygen atoms in total. The van der Waals surface area contributed by atoms with Gasteiger partial charge in [-0.3, -0.25) is 4.68 Å². The second-order valence-corrected chi connectivity index (χ2v) is 3.00. The Morgan fingerprint density at radius 2 is 2.45 bits per heavy atom. The van der Waals surface area contributed by atoms with Gasteiger partial charge in [-0.15, -0.1) is 0 Å². The third-order valence-electron chi connectivity index (χ3n) is 1.20. The van der Waals surface area contributed by atoms with Crippen LogP contribution in [0.2, 0.25) is 0 Å². The molecule has 0 aliphatic carbocycles. The van der Waals surface area contributed by atoms with Crippen LogP contribution in [0.5, 0.6) is 0 Å². The van der Waals surface area contributed by atoms with Gasteiger partial charge in [-0.05, 0) is 15.9 Å². The van der Waals surface area contributed by atoms with Gasteiger partial charge in [0, 0.05) is 12.7 Å². The summed E-state index contributed by atoms with van der Waals surface area (Å²) in [7, 11) is 0. The zero-order valence-corrected chi connectivity index (χ0v) is 7.66. The molecule has 0 bridgehead atoms. The number of aromatic nitrogens is 2. The lowest BCUT2D eigenvalue weighted by atomic mass is 10.5. The van der Waals surface area contributed by atoms with Crippen molar-refractivity contribution in [3.05, 3.63) is 29.0 Å². The molecule has 4 heteroatoms. The molecule has 1 rings (SSSR count). The molecule has 0 aromatic carbocycles. The van der Waals surface area contributed by atoms with Gasteiger partial charge in [0.05, 0.1) is 17.2 Å². The third kappa shape index (κ3) is 2.86. The maximum Gasteiger partial charge on any atom is 0.0632 e. The van der Waals surface area contributed by atoms with Gasteiger partial charge >= 0.3 is 0 Å². The molecule has 0 fully saturated rings. The molecule has 0 spiro atoms. The summed E-state index contributed by atoms with van der Waals surface area (Å²) in [5, 5.41) is 4.07. The van der Waals surface area contributed by atoms with Crippen molar-refractivity contribution in [3.63, 3.8) is 0 Å². The summed E-state index contributed by atoms with van der Waals surface area (Å²) in [4.78, 5) is 0. The quantitative estimate of drug-likeness (QED) is 0.770. The molecule has 11 heavy (non-hydrogen) atoms. The maximum absolute atomic E-state index is 5.27. The van der Waals surface area contributed by atoms with Gasteiger partial charge in [0.25, 0.3) is 0 Å². The van der Waals surface area contributed by atoms with Crippen molar-refractivity contribution in [2.75, 3.05) is 6.54 Å². The van der Waals surface area contributed by atoms with Crippen LogP contribution in [-0.2, 0) is 6.54 Å². The zero-order chi connectivity index (χ0) is 8.10. The van der Waals surface area contributed by atoms with Crippen molar-refractivity contribution in [2.45, 2.75) is 6.54 Å². The van der Waals surface area contributed by atoms with Crippen LogP contribution < -0.4 is 5.73 Å². The number of rotatable bonds is 3. The van der Waals surface area contributed by atoms with E-state index in [9.17, 15) is 0 Å². The first-order chi connectivity index (χ1) is 5.33. The van der Waals surface area contributed by atoms with Crippen LogP contribution in [0.1, 0.15) is 0 Å². The second-order valence-electron chi connectivity index (χ2n) is 2.09. The number of hydrogen-bond acceptors (Lipinski definition) is 2. The number of nitrogens with zero attached hydrogens (tertiary/aromatic N) is 2. The van der Waals surface area contributed by atoms with Crippen LogP contribution in [0.25, 0.3) is 0 Å². The average Bonchev–Trinajstić information content (AvgIpc) is 2.37. The Morgan fingerprint density at radius 3 is 3.00 bits per heavy atom. The fourth-order valence-electron chi connectivity index (χ4n) is 0.717. The van der Waals surface area contributed by atoms with E-state index in [1.54, 1.807) is 6.20 Å². The topological polar surface area (TPSA) is 43.8 Å². The van der Waals surface area contributed by atoms with Gasteiger partial charge in [-0.2, -0.15) is 5.10 Å². The number of nitrogens with two attached hydrogens (primary N) is 1. The van der Waals surface area contributed by atoms with Crippen LogP contribution in [0.15, 0.2) is 29.0 Å². The van der Waals surface area contributed by atoms with E-state index in [2.05, 4.69) is 21.0 Å². The normalized spacial score (nSPS) is 11.1. The Balaban J connectivity index is 2.45. The minimum atomic E-state index is 0.586. The molecule has 0 saturated carbocycles. The van der Waals surface area contributed by atoms with Crippen molar-refractivity contribution >= 4 is 15.9 Å². The molecule has 0 atom stereocenters. The van der Waals surface area contributed by atoms with E-state index in [0.29, 0.717) is 6.54 Å². The van der Waals surface area contributed by atoms with Gasteiger partial charge in [0.15, 0.2) is 0 Å². The van der Waals surface area contributed by atoms with Gasteiger partial charge in [0.1, 0.15) is 0 Å². The van der Waals surface area contributed by atoms with Crippen LogP contribution >= 0.6 is 15.9 Å². The van der Waals surface area contributed by atoms with E-state index < -0.39 is 0 Å². The first-order valence-electron chi connectivity index (χ1n) is 3.36. The fraction of sp³-hybridized carbons (Fsp3) is 0.286. The number of allylic oxidation sites excluding steroid dienone is 1. The lowest BCUT2D eigenvalue weighted by Gasteiger charge is -1.91. The molecular weight excluding hydrogens is 206 g/mol. The van der Waals surface area contributed by atoms with Gasteiger partial charge in [-0.25, -0.2) is 0 Å². The monoisotopic (exact) mass is 215 g/mol. The standard InChI is InChI=1S/C7H10BrN3/c8-7-5-10-11(6-7)4-2-1-3-9/h1-2,5-6H,3-4,9H2/b2-1+. The van der Waals surface area contributed by atoms with Crippen molar-refractivity contribution in [2.24, 2.45) is 5.73 Å². The first kappa shape index (κ1) is 8.49. The van der Waals surface area contributed by atoms with Gasteiger partial charge in [0.2, 0.25) is 0 Å². The Hall–Kier alpha value is -0.610. The highest BCUT2D eigenvalue weighted by Crippen LogP contribution is 2.05. The highest BCUT2D eigenvalue weighted by Gasteiger charge is 1.89. The highest BCUT2D eigenvalue weighted by molar-refractivity contribution is 9.10. The van der Waals surface area contributed by atoms with Crippen LogP contribution in [0.3, 0.4) is 0 Å². The maximum atomic E-state index is 5.27. The van der Waals surface area contributed by atoms with Crippen molar-refractivity contribution in [3.8, 4) is 0 Å². The van der Waals surface area contributed by atoms with Gasteiger partial charge in [-0.1, -0.05) is 12.2 Å². The molecule has 1 heterocycles. The van der Waals surface area contributed by atoms with E-state index in [1.807, 2.05) is 23.0 Å². The van der Waals surface area contributed by atoms with E-state index in [1.165, 1.54) is 0 Å². The smallest absolute Gasteiger partial charge is 0.0632 e. The summed E-state index contributed by atoms with van der Waals surface area (Å²) < 4.78 is 2.83. The Labute approximate surface area is 74.0 Å². The number of halogens is 1. The summed E-state index contributed by atoms with van der Waals surface area (Å²) >= 11 is 3.31. The molecular formula is C7H10BrN3. The van der Waals surface area contributed by atoms with Crippen LogP contribution in [0.4, 0.5) is 0 Å². The predicted molar refractivity (Wildman–Crippen MR) is 48.1 cm³/mol. The van der Waals surface area contributed by atoms with Crippen molar-refractivity contribution < 1.29 is 0 Å². The minimum absolute atomic E-state index is 0.586. The zero-order valence-electron chi connectivity index (χ0n) is 6.07. The molecule has 0 saturated heterocycles. The molecule has 0 unspecified atom stereocenters. The van der Waals surface area contributed by atoms with Gasteiger partial charge < -0.3 is 5.73 Å². The molecule has 2 N–H and O–H groups in total. The molecule has 60 valence electrons. The Bertz CT molecular complexity index is 242. The van der Waals surface area contributed by atoms with E-state index in [0.717, 1.165) is 11.0 Å². The lowest BCUT2D eigenvalue weighted by Crippen LogP contribution is -1.97. The highest BCUT2D eigenvalue weighted by atomic mass is 79.9. The predicted octanol–water partition coefficient (Wildman–Crippen LogP) is 1.16. The fourth-order valence-corrected chi connectivity index (χ4v) is 1.04. The first-order valence-corrected chi connectivity index (χ1v) is 4.15. The molecule has 1 aromatic heterocycles. The Morgan fingerprint density at radius 1 is 1.64 bits per heavy atom. The van der Waals surface area contributed by atoms with Crippen LogP contribution in [0, 0.1) is 0 Å². The Kier molecular flexibility index (Phi) is 3.32. The van der Waals surface area contributed by atoms with E-state index >= 15 is 0 Å². The summed E-state index contributed by atoms with van der Waals surface area (Å²) in [6, 6.07) is 0. The van der Waals surface area contributed by atoms with E-state index in [-0.39, 0.29) is 0 Å². The minimum Gasteiger partial charge on any atom is -0.327 e.